The third-order valence-corrected chi connectivity index (χ3v) is 5.03. The number of aliphatic hydroxyl groups excluding tert-OH is 1. The van der Waals surface area contributed by atoms with Gasteiger partial charge in [-0.05, 0) is 56.4 Å². The zero-order valence-corrected chi connectivity index (χ0v) is 16.2. The number of rotatable bonds is 8. The summed E-state index contributed by atoms with van der Waals surface area (Å²) in [6.45, 7) is 0. The van der Waals surface area contributed by atoms with Crippen LogP contribution in [0.5, 0.6) is 0 Å². The Morgan fingerprint density at radius 2 is 2.04 bits per heavy atom. The van der Waals surface area contributed by atoms with Crippen molar-refractivity contribution in [2.45, 2.75) is 57.5 Å². The van der Waals surface area contributed by atoms with E-state index in [1.807, 2.05) is 12.1 Å². The molecule has 2 atom stereocenters. The third kappa shape index (κ3) is 7.57. The standard InChI is InChI=1S/C23H33NO2/c1-24(2)23(26)18-21-13-8-12-20(17-21)15-16-22(25)14-7-6-11-19-9-4-3-5-10-19/h3-5,9-10,15-16,18,20,22,25H,6-8,11-14,17H2,1-2H3/b16-15+,21-18-. The molecule has 142 valence electrons. The van der Waals surface area contributed by atoms with E-state index in [4.69, 9.17) is 0 Å². The predicted octanol–water partition coefficient (Wildman–Crippen LogP) is 4.52. The van der Waals surface area contributed by atoms with Gasteiger partial charge in [0, 0.05) is 20.2 Å². The Hall–Kier alpha value is -1.87. The lowest BCUT2D eigenvalue weighted by molar-refractivity contribution is -0.123. The Morgan fingerprint density at radius 1 is 1.27 bits per heavy atom. The molecule has 2 unspecified atom stereocenters. The summed E-state index contributed by atoms with van der Waals surface area (Å²) in [7, 11) is 3.57. The van der Waals surface area contributed by atoms with Crippen molar-refractivity contribution < 1.29 is 9.90 Å². The largest absolute Gasteiger partial charge is 0.389 e. The molecule has 0 aromatic heterocycles. The lowest BCUT2D eigenvalue weighted by Crippen LogP contribution is -2.20. The molecule has 0 spiro atoms. The first kappa shape index (κ1) is 20.4. The van der Waals surface area contributed by atoms with Crippen molar-refractivity contribution >= 4 is 5.91 Å². The minimum absolute atomic E-state index is 0.0723. The van der Waals surface area contributed by atoms with Crippen LogP contribution in [0.25, 0.3) is 0 Å². The van der Waals surface area contributed by atoms with Crippen LogP contribution in [0.15, 0.2) is 54.1 Å². The summed E-state index contributed by atoms with van der Waals surface area (Å²) in [4.78, 5) is 13.4. The monoisotopic (exact) mass is 355 g/mol. The lowest BCUT2D eigenvalue weighted by atomic mass is 9.84. The van der Waals surface area contributed by atoms with Gasteiger partial charge in [0.2, 0.25) is 5.91 Å². The Balaban J connectivity index is 1.69. The first-order valence-corrected chi connectivity index (χ1v) is 9.85. The number of carbonyl (C=O) groups excluding carboxylic acids is 1. The molecule has 26 heavy (non-hydrogen) atoms. The Bertz CT molecular complexity index is 604. The quantitative estimate of drug-likeness (QED) is 0.423. The molecule has 0 aliphatic heterocycles. The Labute approximate surface area is 158 Å². The molecule has 1 aromatic carbocycles. The summed E-state index contributed by atoms with van der Waals surface area (Å²) in [6.07, 6.45) is 13.8. The van der Waals surface area contributed by atoms with Gasteiger partial charge in [0.1, 0.15) is 0 Å². The molecule has 1 aliphatic rings. The van der Waals surface area contributed by atoms with Gasteiger partial charge in [-0.1, -0.05) is 54.5 Å². The van der Waals surface area contributed by atoms with E-state index >= 15 is 0 Å². The molecule has 1 saturated carbocycles. The average Bonchev–Trinajstić information content (AvgIpc) is 2.64. The van der Waals surface area contributed by atoms with Crippen LogP contribution in [-0.2, 0) is 11.2 Å². The van der Waals surface area contributed by atoms with Crippen LogP contribution in [0.3, 0.4) is 0 Å². The van der Waals surface area contributed by atoms with Crippen LogP contribution in [0, 0.1) is 5.92 Å². The second-order valence-corrected chi connectivity index (χ2v) is 7.58. The molecule has 1 N–H and O–H groups in total. The first-order valence-electron chi connectivity index (χ1n) is 9.85. The molecule has 1 amide bonds. The molecular formula is C23H33NO2. The van der Waals surface area contributed by atoms with Crippen molar-refractivity contribution in [3.63, 3.8) is 0 Å². The van der Waals surface area contributed by atoms with E-state index in [0.29, 0.717) is 5.92 Å². The highest BCUT2D eigenvalue weighted by Gasteiger charge is 2.16. The smallest absolute Gasteiger partial charge is 0.245 e. The number of carbonyl (C=O) groups is 1. The van der Waals surface area contributed by atoms with Crippen molar-refractivity contribution in [3.05, 3.63) is 59.7 Å². The number of likely N-dealkylation sites (N-methyl/N-ethyl adjacent to an activating group) is 1. The second kappa shape index (κ2) is 11.0. The number of benzene rings is 1. The first-order chi connectivity index (χ1) is 12.5. The maximum Gasteiger partial charge on any atom is 0.245 e. The highest BCUT2D eigenvalue weighted by atomic mass is 16.3. The molecule has 2 rings (SSSR count). The second-order valence-electron chi connectivity index (χ2n) is 7.58. The van der Waals surface area contributed by atoms with E-state index in [0.717, 1.165) is 51.4 Å². The number of unbranched alkanes of at least 4 members (excludes halogenated alkanes) is 1. The molecular weight excluding hydrogens is 322 g/mol. The molecule has 0 radical (unpaired) electrons. The van der Waals surface area contributed by atoms with Crippen molar-refractivity contribution in [1.29, 1.82) is 0 Å². The van der Waals surface area contributed by atoms with Gasteiger partial charge in [-0.15, -0.1) is 0 Å². The van der Waals surface area contributed by atoms with Crippen LogP contribution in [0.4, 0.5) is 0 Å². The van der Waals surface area contributed by atoms with E-state index in [9.17, 15) is 9.90 Å². The van der Waals surface area contributed by atoms with Crippen molar-refractivity contribution in [3.8, 4) is 0 Å². The number of amides is 1. The lowest BCUT2D eigenvalue weighted by Gasteiger charge is -2.22. The fourth-order valence-corrected chi connectivity index (χ4v) is 3.44. The number of hydrogen-bond donors (Lipinski definition) is 1. The van der Waals surface area contributed by atoms with Gasteiger partial charge < -0.3 is 10.0 Å². The molecule has 0 heterocycles. The van der Waals surface area contributed by atoms with Gasteiger partial charge in [-0.3, -0.25) is 4.79 Å². The van der Waals surface area contributed by atoms with Gasteiger partial charge in [0.15, 0.2) is 0 Å². The van der Waals surface area contributed by atoms with E-state index in [2.05, 4.69) is 30.3 Å². The van der Waals surface area contributed by atoms with Gasteiger partial charge in [0.05, 0.1) is 6.10 Å². The van der Waals surface area contributed by atoms with Crippen molar-refractivity contribution in [2.24, 2.45) is 5.92 Å². The molecule has 1 fully saturated rings. The van der Waals surface area contributed by atoms with Crippen LogP contribution in [0.1, 0.15) is 50.5 Å². The molecule has 3 nitrogen and oxygen atoms in total. The molecule has 0 bridgehead atoms. The van der Waals surface area contributed by atoms with Crippen LogP contribution >= 0.6 is 0 Å². The summed E-state index contributed by atoms with van der Waals surface area (Å²) in [6, 6.07) is 10.5. The maximum absolute atomic E-state index is 11.8. The van der Waals surface area contributed by atoms with Crippen LogP contribution in [0.2, 0.25) is 0 Å². The van der Waals surface area contributed by atoms with Crippen molar-refractivity contribution in [2.75, 3.05) is 14.1 Å². The third-order valence-electron chi connectivity index (χ3n) is 5.03. The number of allylic oxidation sites excluding steroid dienone is 2. The predicted molar refractivity (Wildman–Crippen MR) is 108 cm³/mol. The topological polar surface area (TPSA) is 40.5 Å². The van der Waals surface area contributed by atoms with E-state index in [1.165, 1.54) is 11.1 Å². The highest BCUT2D eigenvalue weighted by Crippen LogP contribution is 2.29. The van der Waals surface area contributed by atoms with Crippen molar-refractivity contribution in [1.82, 2.24) is 4.90 Å². The zero-order chi connectivity index (χ0) is 18.8. The SMILES string of the molecule is CN(C)C(=O)/C=C1/CCCC(/C=C/C(O)CCCCc2ccccc2)C1. The normalized spacial score (nSPS) is 20.4. The van der Waals surface area contributed by atoms with Gasteiger partial charge in [0.25, 0.3) is 0 Å². The summed E-state index contributed by atoms with van der Waals surface area (Å²) < 4.78 is 0. The van der Waals surface area contributed by atoms with E-state index in [-0.39, 0.29) is 12.0 Å². The fourth-order valence-electron chi connectivity index (χ4n) is 3.44. The summed E-state index contributed by atoms with van der Waals surface area (Å²) in [5.74, 6) is 0.520. The fraction of sp³-hybridized carbons (Fsp3) is 0.522. The maximum atomic E-state index is 11.8. The van der Waals surface area contributed by atoms with Crippen LogP contribution < -0.4 is 0 Å². The number of aliphatic hydroxyl groups is 1. The highest BCUT2D eigenvalue weighted by molar-refractivity contribution is 5.87. The number of hydrogen-bond acceptors (Lipinski definition) is 2. The average molecular weight is 356 g/mol. The zero-order valence-electron chi connectivity index (χ0n) is 16.2. The number of nitrogens with zero attached hydrogens (tertiary/aromatic N) is 1. The molecule has 0 saturated heterocycles. The Morgan fingerprint density at radius 3 is 2.77 bits per heavy atom. The minimum Gasteiger partial charge on any atom is -0.389 e. The summed E-state index contributed by atoms with van der Waals surface area (Å²) >= 11 is 0. The minimum atomic E-state index is -0.358. The molecule has 1 aliphatic carbocycles. The molecule has 1 aromatic rings. The van der Waals surface area contributed by atoms with E-state index in [1.54, 1.807) is 25.1 Å². The van der Waals surface area contributed by atoms with Gasteiger partial charge in [-0.2, -0.15) is 0 Å². The van der Waals surface area contributed by atoms with Gasteiger partial charge in [-0.25, -0.2) is 0 Å². The summed E-state index contributed by atoms with van der Waals surface area (Å²) in [5.41, 5.74) is 2.60. The number of aryl methyl sites for hydroxylation is 1. The van der Waals surface area contributed by atoms with Gasteiger partial charge >= 0.3 is 0 Å². The van der Waals surface area contributed by atoms with E-state index < -0.39 is 0 Å². The van der Waals surface area contributed by atoms with Crippen LogP contribution in [-0.4, -0.2) is 36.1 Å². The Kier molecular flexibility index (Phi) is 8.63. The molecule has 3 heteroatoms. The summed E-state index contributed by atoms with van der Waals surface area (Å²) in [5, 5.41) is 10.2.